The molecule has 0 aliphatic carbocycles. The van der Waals surface area contributed by atoms with Gasteiger partial charge in [-0.15, -0.1) is 0 Å². The molecular formula is C15H21N3O. The fourth-order valence-electron chi connectivity index (χ4n) is 2.33. The summed E-state index contributed by atoms with van der Waals surface area (Å²) in [6.07, 6.45) is 1.03. The lowest BCUT2D eigenvalue weighted by molar-refractivity contribution is 0.326. The van der Waals surface area contributed by atoms with Crippen LogP contribution in [0.25, 0.3) is 11.4 Å². The van der Waals surface area contributed by atoms with E-state index in [1.54, 1.807) is 0 Å². The summed E-state index contributed by atoms with van der Waals surface area (Å²) in [6.45, 7) is 6.31. The molecule has 2 aromatic rings. The first-order valence-corrected chi connectivity index (χ1v) is 6.74. The van der Waals surface area contributed by atoms with E-state index >= 15 is 0 Å². The van der Waals surface area contributed by atoms with Gasteiger partial charge in [0, 0.05) is 11.6 Å². The lowest BCUT2D eigenvalue weighted by Gasteiger charge is -2.18. The molecule has 1 aromatic heterocycles. The van der Waals surface area contributed by atoms with Crippen LogP contribution in [0.4, 0.5) is 0 Å². The predicted octanol–water partition coefficient (Wildman–Crippen LogP) is 3.15. The second-order valence-electron chi connectivity index (χ2n) is 4.86. The van der Waals surface area contributed by atoms with Gasteiger partial charge in [0.25, 0.3) is 0 Å². The molecule has 2 atom stereocenters. The maximum absolute atomic E-state index is 5.42. The average molecular weight is 259 g/mol. The largest absolute Gasteiger partial charge is 0.339 e. The Kier molecular flexibility index (Phi) is 4.32. The minimum Gasteiger partial charge on any atom is -0.339 e. The zero-order chi connectivity index (χ0) is 13.8. The second-order valence-corrected chi connectivity index (χ2v) is 4.86. The zero-order valence-corrected chi connectivity index (χ0v) is 12.0. The monoisotopic (exact) mass is 259 g/mol. The molecule has 102 valence electrons. The number of aromatic nitrogens is 2. The Morgan fingerprint density at radius 3 is 2.68 bits per heavy atom. The van der Waals surface area contributed by atoms with Crippen molar-refractivity contribution in [1.82, 2.24) is 15.5 Å². The molecule has 2 unspecified atom stereocenters. The van der Waals surface area contributed by atoms with E-state index in [2.05, 4.69) is 42.3 Å². The summed E-state index contributed by atoms with van der Waals surface area (Å²) in [7, 11) is 1.96. The van der Waals surface area contributed by atoms with Crippen molar-refractivity contribution >= 4 is 0 Å². The molecule has 0 bridgehead atoms. The van der Waals surface area contributed by atoms with Gasteiger partial charge >= 0.3 is 0 Å². The first kappa shape index (κ1) is 13.7. The van der Waals surface area contributed by atoms with Gasteiger partial charge in [-0.05, 0) is 26.0 Å². The Labute approximate surface area is 114 Å². The summed E-state index contributed by atoms with van der Waals surface area (Å²) in [6, 6.07) is 8.42. The third-order valence-electron chi connectivity index (χ3n) is 3.63. The molecule has 0 aliphatic heterocycles. The van der Waals surface area contributed by atoms with Crippen molar-refractivity contribution in [3.05, 3.63) is 35.7 Å². The van der Waals surface area contributed by atoms with Gasteiger partial charge in [-0.25, -0.2) is 0 Å². The van der Waals surface area contributed by atoms with Crippen LogP contribution in [0.1, 0.15) is 37.6 Å². The van der Waals surface area contributed by atoms with Crippen LogP contribution in [-0.4, -0.2) is 23.2 Å². The van der Waals surface area contributed by atoms with Crippen LogP contribution in [0.15, 0.2) is 28.8 Å². The number of benzene rings is 1. The van der Waals surface area contributed by atoms with E-state index in [0.717, 1.165) is 17.5 Å². The first-order chi connectivity index (χ1) is 9.17. The van der Waals surface area contributed by atoms with Crippen LogP contribution < -0.4 is 5.32 Å². The van der Waals surface area contributed by atoms with Gasteiger partial charge in [-0.2, -0.15) is 4.98 Å². The number of likely N-dealkylation sites (N-methyl/N-ethyl adjacent to an activating group) is 1. The highest BCUT2D eigenvalue weighted by atomic mass is 16.5. The summed E-state index contributed by atoms with van der Waals surface area (Å²) in [5.74, 6) is 1.57. The molecule has 4 nitrogen and oxygen atoms in total. The number of nitrogens with one attached hydrogen (secondary N) is 1. The normalized spacial score (nSPS) is 14.3. The fraction of sp³-hybridized carbons (Fsp3) is 0.467. The topological polar surface area (TPSA) is 51.0 Å². The summed E-state index contributed by atoms with van der Waals surface area (Å²) in [5.41, 5.74) is 2.19. The predicted molar refractivity (Wildman–Crippen MR) is 76.0 cm³/mol. The van der Waals surface area contributed by atoms with Crippen molar-refractivity contribution < 1.29 is 4.52 Å². The minimum atomic E-state index is 0.209. The van der Waals surface area contributed by atoms with E-state index in [9.17, 15) is 0 Å². The van der Waals surface area contributed by atoms with E-state index < -0.39 is 0 Å². The maximum atomic E-state index is 5.42. The lowest BCUT2D eigenvalue weighted by Crippen LogP contribution is -2.30. The van der Waals surface area contributed by atoms with Crippen molar-refractivity contribution in [2.75, 3.05) is 7.05 Å². The van der Waals surface area contributed by atoms with Crippen molar-refractivity contribution in [3.63, 3.8) is 0 Å². The Hall–Kier alpha value is -1.68. The molecule has 0 saturated carbocycles. The second kappa shape index (κ2) is 5.97. The highest BCUT2D eigenvalue weighted by Gasteiger charge is 2.22. The van der Waals surface area contributed by atoms with E-state index in [4.69, 9.17) is 4.52 Å². The zero-order valence-electron chi connectivity index (χ0n) is 12.0. The van der Waals surface area contributed by atoms with Crippen LogP contribution in [0, 0.1) is 6.92 Å². The van der Waals surface area contributed by atoms with Gasteiger partial charge in [0.15, 0.2) is 0 Å². The van der Waals surface area contributed by atoms with E-state index in [1.807, 2.05) is 25.2 Å². The quantitative estimate of drug-likeness (QED) is 0.896. The van der Waals surface area contributed by atoms with Crippen molar-refractivity contribution in [3.8, 4) is 11.4 Å². The molecule has 19 heavy (non-hydrogen) atoms. The van der Waals surface area contributed by atoms with Crippen molar-refractivity contribution in [2.24, 2.45) is 0 Å². The Bertz CT molecular complexity index is 532. The van der Waals surface area contributed by atoms with Gasteiger partial charge in [-0.3, -0.25) is 0 Å². The molecule has 0 aliphatic rings. The van der Waals surface area contributed by atoms with Gasteiger partial charge in [0.1, 0.15) is 0 Å². The smallest absolute Gasteiger partial charge is 0.231 e. The average Bonchev–Trinajstić information content (AvgIpc) is 2.90. The standard InChI is InChI=1S/C15H21N3O/c1-5-13(16-4)11(3)15-17-14(18-19-15)12-9-7-6-8-10(12)2/h6-9,11,13,16H,5H2,1-4H3. The van der Waals surface area contributed by atoms with Crippen molar-refractivity contribution in [1.29, 1.82) is 0 Å². The summed E-state index contributed by atoms with van der Waals surface area (Å²) < 4.78 is 5.42. The molecule has 1 heterocycles. The molecular weight excluding hydrogens is 238 g/mol. The van der Waals surface area contributed by atoms with Crippen molar-refractivity contribution in [2.45, 2.75) is 39.2 Å². The third-order valence-corrected chi connectivity index (χ3v) is 3.63. The maximum Gasteiger partial charge on any atom is 0.231 e. The summed E-state index contributed by atoms with van der Waals surface area (Å²) >= 11 is 0. The molecule has 4 heteroatoms. The number of rotatable bonds is 5. The fourth-order valence-corrected chi connectivity index (χ4v) is 2.33. The molecule has 0 radical (unpaired) electrons. The van der Waals surface area contributed by atoms with Crippen LogP contribution in [0.3, 0.4) is 0 Å². The highest BCUT2D eigenvalue weighted by Crippen LogP contribution is 2.24. The van der Waals surface area contributed by atoms with Gasteiger partial charge in [0.2, 0.25) is 11.7 Å². The molecule has 1 aromatic carbocycles. The van der Waals surface area contributed by atoms with E-state index in [0.29, 0.717) is 17.8 Å². The Morgan fingerprint density at radius 1 is 1.32 bits per heavy atom. The summed E-state index contributed by atoms with van der Waals surface area (Å²) in [4.78, 5) is 4.54. The third kappa shape index (κ3) is 2.84. The first-order valence-electron chi connectivity index (χ1n) is 6.74. The molecule has 2 rings (SSSR count). The van der Waals surface area contributed by atoms with Gasteiger partial charge in [-0.1, -0.05) is 43.3 Å². The molecule has 0 amide bonds. The lowest BCUT2D eigenvalue weighted by atomic mass is 10.00. The Balaban J connectivity index is 2.27. The Morgan fingerprint density at radius 2 is 2.05 bits per heavy atom. The van der Waals surface area contributed by atoms with Gasteiger partial charge < -0.3 is 9.84 Å². The molecule has 1 N–H and O–H groups in total. The highest BCUT2D eigenvalue weighted by molar-refractivity contribution is 5.58. The van der Waals surface area contributed by atoms with Crippen LogP contribution >= 0.6 is 0 Å². The van der Waals surface area contributed by atoms with Gasteiger partial charge in [0.05, 0.1) is 5.92 Å². The van der Waals surface area contributed by atoms with Crippen LogP contribution in [0.2, 0.25) is 0 Å². The van der Waals surface area contributed by atoms with E-state index in [1.165, 1.54) is 0 Å². The number of hydrogen-bond donors (Lipinski definition) is 1. The van der Waals surface area contributed by atoms with E-state index in [-0.39, 0.29) is 5.92 Å². The molecule has 0 fully saturated rings. The molecule has 0 spiro atoms. The number of aryl methyl sites for hydroxylation is 1. The number of nitrogens with zero attached hydrogens (tertiary/aromatic N) is 2. The minimum absolute atomic E-state index is 0.209. The molecule has 0 saturated heterocycles. The summed E-state index contributed by atoms with van der Waals surface area (Å²) in [5, 5.41) is 7.39. The van der Waals surface area contributed by atoms with Crippen LogP contribution in [0.5, 0.6) is 0 Å². The van der Waals surface area contributed by atoms with Crippen LogP contribution in [-0.2, 0) is 0 Å². The number of hydrogen-bond acceptors (Lipinski definition) is 4. The SMILES string of the molecule is CCC(NC)C(C)c1nc(-c2ccccc2C)no1.